The molecule has 1 aromatic carbocycles. The molecule has 3 aromatic rings. The van der Waals surface area contributed by atoms with Gasteiger partial charge in [-0.1, -0.05) is 29.8 Å². The molecule has 1 saturated carbocycles. The van der Waals surface area contributed by atoms with Crippen LogP contribution >= 0.6 is 11.6 Å². The number of halogens is 2. The third kappa shape index (κ3) is 3.28. The Kier molecular flexibility index (Phi) is 4.01. The molecule has 6 heteroatoms. The first kappa shape index (κ1) is 15.8. The van der Waals surface area contributed by atoms with E-state index in [1.807, 2.05) is 28.8 Å². The first-order valence-electron chi connectivity index (χ1n) is 7.98. The number of carbonyl (C=O) groups is 1. The van der Waals surface area contributed by atoms with Crippen molar-refractivity contribution in [2.45, 2.75) is 18.4 Å². The Balaban J connectivity index is 1.42. The Hall–Kier alpha value is -2.66. The van der Waals surface area contributed by atoms with Crippen LogP contribution in [0.4, 0.5) is 4.39 Å². The Morgan fingerprint density at radius 1 is 1.28 bits per heavy atom. The monoisotopic (exact) mass is 355 g/mol. The predicted molar refractivity (Wildman–Crippen MR) is 94.9 cm³/mol. The molecular formula is C19H15ClFN3O. The number of benzene rings is 1. The van der Waals surface area contributed by atoms with Gasteiger partial charge in [0.15, 0.2) is 5.15 Å². The van der Waals surface area contributed by atoms with E-state index in [-0.39, 0.29) is 23.7 Å². The highest BCUT2D eigenvalue weighted by molar-refractivity contribution is 6.31. The number of fused-ring (bicyclic) bond motifs is 1. The standard InChI is InChI=1S/C19H15ClFN3O/c20-19-16(24-10-2-1-3-17(24)23-19)8-9-18(25)22-15-11-14(15)12-4-6-13(21)7-5-12/h1-10,14-15H,11H2,(H,22,25)/b9-8+. The van der Waals surface area contributed by atoms with Gasteiger partial charge in [0.05, 0.1) is 5.69 Å². The molecule has 1 aliphatic carbocycles. The topological polar surface area (TPSA) is 46.4 Å². The Labute approximate surface area is 149 Å². The van der Waals surface area contributed by atoms with Crippen molar-refractivity contribution in [1.82, 2.24) is 14.7 Å². The van der Waals surface area contributed by atoms with E-state index in [1.165, 1.54) is 18.2 Å². The lowest BCUT2D eigenvalue weighted by Gasteiger charge is -2.02. The fourth-order valence-electron chi connectivity index (χ4n) is 2.95. The molecule has 2 atom stereocenters. The molecule has 2 heterocycles. The zero-order valence-electron chi connectivity index (χ0n) is 13.2. The number of hydrogen-bond donors (Lipinski definition) is 1. The van der Waals surface area contributed by atoms with Crippen molar-refractivity contribution in [2.24, 2.45) is 0 Å². The second kappa shape index (κ2) is 6.33. The van der Waals surface area contributed by atoms with Gasteiger partial charge in [0.2, 0.25) is 5.91 Å². The highest BCUT2D eigenvalue weighted by atomic mass is 35.5. The minimum atomic E-state index is -0.252. The molecule has 1 N–H and O–H groups in total. The van der Waals surface area contributed by atoms with Gasteiger partial charge < -0.3 is 5.32 Å². The zero-order valence-corrected chi connectivity index (χ0v) is 13.9. The number of nitrogens with one attached hydrogen (secondary N) is 1. The molecule has 2 unspecified atom stereocenters. The first-order valence-corrected chi connectivity index (χ1v) is 8.36. The summed E-state index contributed by atoms with van der Waals surface area (Å²) in [5, 5.41) is 3.31. The van der Waals surface area contributed by atoms with E-state index in [4.69, 9.17) is 11.6 Å². The molecule has 1 fully saturated rings. The maximum Gasteiger partial charge on any atom is 0.244 e. The van der Waals surface area contributed by atoms with Gasteiger partial charge in [-0.2, -0.15) is 0 Å². The molecule has 0 radical (unpaired) electrons. The highest BCUT2D eigenvalue weighted by Crippen LogP contribution is 2.40. The molecule has 1 aliphatic rings. The summed E-state index contributed by atoms with van der Waals surface area (Å²) in [4.78, 5) is 16.4. The molecule has 126 valence electrons. The van der Waals surface area contributed by atoms with Crippen LogP contribution in [0.5, 0.6) is 0 Å². The average molecular weight is 356 g/mol. The zero-order chi connectivity index (χ0) is 17.4. The second-order valence-corrected chi connectivity index (χ2v) is 6.42. The van der Waals surface area contributed by atoms with Crippen molar-refractivity contribution < 1.29 is 9.18 Å². The molecule has 0 aliphatic heterocycles. The third-order valence-electron chi connectivity index (χ3n) is 4.33. The smallest absolute Gasteiger partial charge is 0.244 e. The highest BCUT2D eigenvalue weighted by Gasteiger charge is 2.39. The largest absolute Gasteiger partial charge is 0.349 e. The van der Waals surface area contributed by atoms with Crippen LogP contribution < -0.4 is 5.32 Å². The quantitative estimate of drug-likeness (QED) is 0.723. The van der Waals surface area contributed by atoms with Gasteiger partial charge in [-0.25, -0.2) is 9.37 Å². The van der Waals surface area contributed by atoms with Crippen LogP contribution in [-0.2, 0) is 4.79 Å². The molecular weight excluding hydrogens is 341 g/mol. The van der Waals surface area contributed by atoms with Gasteiger partial charge in [-0.15, -0.1) is 0 Å². The summed E-state index contributed by atoms with van der Waals surface area (Å²) in [6.45, 7) is 0. The lowest BCUT2D eigenvalue weighted by Crippen LogP contribution is -2.24. The van der Waals surface area contributed by atoms with Gasteiger partial charge in [-0.3, -0.25) is 9.20 Å². The molecule has 0 saturated heterocycles. The SMILES string of the molecule is O=C(/C=C/c1c(Cl)nc2ccccn12)NC1CC1c1ccc(F)cc1. The summed E-state index contributed by atoms with van der Waals surface area (Å²) in [5.74, 6) is -0.188. The van der Waals surface area contributed by atoms with Gasteiger partial charge in [0, 0.05) is 24.2 Å². The molecule has 25 heavy (non-hydrogen) atoms. The van der Waals surface area contributed by atoms with Crippen molar-refractivity contribution in [3.05, 3.63) is 77.0 Å². The van der Waals surface area contributed by atoms with Crippen molar-refractivity contribution >= 4 is 29.2 Å². The minimum absolute atomic E-state index is 0.0836. The van der Waals surface area contributed by atoms with Crippen molar-refractivity contribution in [3.63, 3.8) is 0 Å². The maximum absolute atomic E-state index is 13.0. The molecule has 2 aromatic heterocycles. The fraction of sp³-hybridized carbons (Fsp3) is 0.158. The number of rotatable bonds is 4. The molecule has 0 bridgehead atoms. The second-order valence-electron chi connectivity index (χ2n) is 6.06. The Bertz CT molecular complexity index is 964. The van der Waals surface area contributed by atoms with E-state index < -0.39 is 0 Å². The van der Waals surface area contributed by atoms with E-state index in [1.54, 1.807) is 18.2 Å². The number of aromatic nitrogens is 2. The molecule has 1 amide bonds. The number of imidazole rings is 1. The number of amides is 1. The van der Waals surface area contributed by atoms with Crippen LogP contribution in [0.2, 0.25) is 5.15 Å². The van der Waals surface area contributed by atoms with Crippen LogP contribution in [0.1, 0.15) is 23.6 Å². The summed E-state index contributed by atoms with van der Waals surface area (Å²) in [6, 6.07) is 12.1. The van der Waals surface area contributed by atoms with Gasteiger partial charge in [0.1, 0.15) is 11.5 Å². The van der Waals surface area contributed by atoms with Crippen molar-refractivity contribution in [3.8, 4) is 0 Å². The normalized spacial score (nSPS) is 19.4. The predicted octanol–water partition coefficient (Wildman–Crippen LogP) is 3.81. The van der Waals surface area contributed by atoms with Gasteiger partial charge in [-0.05, 0) is 42.3 Å². The van der Waals surface area contributed by atoms with Crippen molar-refractivity contribution in [2.75, 3.05) is 0 Å². The number of hydrogen-bond acceptors (Lipinski definition) is 2. The Morgan fingerprint density at radius 3 is 2.88 bits per heavy atom. The lowest BCUT2D eigenvalue weighted by molar-refractivity contribution is -0.116. The van der Waals surface area contributed by atoms with Crippen molar-refractivity contribution in [1.29, 1.82) is 0 Å². The van der Waals surface area contributed by atoms with Crippen LogP contribution in [0.15, 0.2) is 54.7 Å². The molecule has 4 nitrogen and oxygen atoms in total. The van der Waals surface area contributed by atoms with Crippen LogP contribution in [0.25, 0.3) is 11.7 Å². The van der Waals surface area contributed by atoms with E-state index in [2.05, 4.69) is 10.3 Å². The summed E-state index contributed by atoms with van der Waals surface area (Å²) < 4.78 is 14.8. The summed E-state index contributed by atoms with van der Waals surface area (Å²) in [5.41, 5.74) is 2.44. The van der Waals surface area contributed by atoms with E-state index in [0.717, 1.165) is 17.6 Å². The van der Waals surface area contributed by atoms with Crippen LogP contribution in [0, 0.1) is 5.82 Å². The Morgan fingerprint density at radius 2 is 2.08 bits per heavy atom. The third-order valence-corrected chi connectivity index (χ3v) is 4.61. The van der Waals surface area contributed by atoms with Crippen LogP contribution in [-0.4, -0.2) is 21.3 Å². The minimum Gasteiger partial charge on any atom is -0.349 e. The van der Waals surface area contributed by atoms with Crippen LogP contribution in [0.3, 0.4) is 0 Å². The molecule has 0 spiro atoms. The lowest BCUT2D eigenvalue weighted by atomic mass is 10.1. The summed E-state index contributed by atoms with van der Waals surface area (Å²) >= 11 is 6.14. The number of carbonyl (C=O) groups excluding carboxylic acids is 1. The number of pyridine rings is 1. The van der Waals surface area contributed by atoms with E-state index >= 15 is 0 Å². The summed E-state index contributed by atoms with van der Waals surface area (Å²) in [6.07, 6.45) is 5.83. The fourth-order valence-corrected chi connectivity index (χ4v) is 3.19. The van der Waals surface area contributed by atoms with E-state index in [0.29, 0.717) is 10.8 Å². The molecule has 4 rings (SSSR count). The van der Waals surface area contributed by atoms with E-state index in [9.17, 15) is 9.18 Å². The van der Waals surface area contributed by atoms with Gasteiger partial charge in [0.25, 0.3) is 0 Å². The summed E-state index contributed by atoms with van der Waals surface area (Å²) in [7, 11) is 0. The number of nitrogens with zero attached hydrogens (tertiary/aromatic N) is 2. The van der Waals surface area contributed by atoms with Gasteiger partial charge >= 0.3 is 0 Å². The first-order chi connectivity index (χ1) is 12.1. The average Bonchev–Trinajstić information content (AvgIpc) is 3.28. The maximum atomic E-state index is 13.0.